The van der Waals surface area contributed by atoms with Crippen molar-refractivity contribution in [2.75, 3.05) is 0 Å². The first kappa shape index (κ1) is 31.2. The second-order valence-corrected chi connectivity index (χ2v) is 29.0. The van der Waals surface area contributed by atoms with Gasteiger partial charge in [0.1, 0.15) is 0 Å². The standard InChI is InChI=1S/2C18H17.C3H6.2ClH.Hf/c2*1-3-14-11-16-5-4-6-17(18(16)12-14)15-9-7-13(2)8-10-15;1-3-2;;;/h2*4-12H,3H2,1-2H3;1-3H2;2*1H;. The van der Waals surface area contributed by atoms with Crippen molar-refractivity contribution in [1.82, 2.24) is 0 Å². The van der Waals surface area contributed by atoms with E-state index in [0.717, 1.165) is 0 Å². The van der Waals surface area contributed by atoms with Crippen LogP contribution in [0.4, 0.5) is 0 Å². The van der Waals surface area contributed by atoms with Crippen LogP contribution in [0.5, 0.6) is 0 Å². The molecule has 4 aromatic carbocycles. The molecule has 7 rings (SSSR count). The van der Waals surface area contributed by atoms with Gasteiger partial charge in [0.05, 0.1) is 0 Å². The van der Waals surface area contributed by atoms with E-state index in [0.29, 0.717) is 7.35 Å². The Kier molecular flexibility index (Phi) is 9.25. The van der Waals surface area contributed by atoms with Crippen molar-refractivity contribution < 1.29 is 20.0 Å². The Balaban J connectivity index is 0.00000176. The second kappa shape index (κ2) is 12.4. The Morgan fingerprint density at radius 1 is 0.571 bits per heavy atom. The second-order valence-electron chi connectivity index (χ2n) is 12.4. The van der Waals surface area contributed by atoms with Crippen LogP contribution in [-0.4, -0.2) is 0 Å². The third kappa shape index (κ3) is 4.94. The Bertz CT molecular complexity index is 1540. The maximum absolute atomic E-state index is 2.95. The largest absolute Gasteiger partial charge is 0.147 e. The van der Waals surface area contributed by atoms with Gasteiger partial charge in [-0.15, -0.1) is 24.8 Å². The van der Waals surface area contributed by atoms with Gasteiger partial charge in [-0.25, -0.2) is 0 Å². The number of allylic oxidation sites excluding steroid dienone is 2. The Labute approximate surface area is 269 Å². The fourth-order valence-corrected chi connectivity index (χ4v) is 31.4. The average Bonchev–Trinajstić information content (AvgIpc) is 3.53. The first-order valence-electron chi connectivity index (χ1n) is 15.3. The summed E-state index contributed by atoms with van der Waals surface area (Å²) in [6.45, 7) is 9.18. The van der Waals surface area contributed by atoms with Gasteiger partial charge in [0.15, 0.2) is 0 Å². The van der Waals surface area contributed by atoms with Gasteiger partial charge < -0.3 is 0 Å². The molecule has 1 heterocycles. The molecule has 2 unspecified atom stereocenters. The molecule has 2 aliphatic carbocycles. The number of rotatable bonds is 6. The van der Waals surface area contributed by atoms with Crippen molar-refractivity contribution >= 4 is 37.0 Å². The summed E-state index contributed by atoms with van der Waals surface area (Å²) >= 11 is -2.95. The van der Waals surface area contributed by atoms with E-state index >= 15 is 0 Å². The monoisotopic (exact) mass is 760 g/mol. The molecular weight excluding hydrogens is 718 g/mol. The average molecular weight is 760 g/mol. The van der Waals surface area contributed by atoms with Crippen LogP contribution < -0.4 is 0 Å². The summed E-state index contributed by atoms with van der Waals surface area (Å²) in [5.74, 6) is 0. The normalized spacial score (nSPS) is 19.4. The van der Waals surface area contributed by atoms with Crippen molar-refractivity contribution in [3.05, 3.63) is 129 Å². The smallest absolute Gasteiger partial charge is 0.147 e. The number of benzene rings is 4. The van der Waals surface area contributed by atoms with Gasteiger partial charge >= 0.3 is 246 Å². The quantitative estimate of drug-likeness (QED) is 0.172. The van der Waals surface area contributed by atoms with Gasteiger partial charge in [0, 0.05) is 0 Å². The zero-order valence-corrected chi connectivity index (χ0v) is 30.5. The molecule has 0 aromatic heterocycles. The molecule has 1 saturated heterocycles. The molecule has 0 bridgehead atoms. The molecule has 1 fully saturated rings. The van der Waals surface area contributed by atoms with Crippen molar-refractivity contribution in [3.63, 3.8) is 0 Å². The van der Waals surface area contributed by atoms with E-state index in [2.05, 4.69) is 125 Å². The molecular formula is C39H42Cl2Hf. The van der Waals surface area contributed by atoms with E-state index in [-0.39, 0.29) is 24.8 Å². The van der Waals surface area contributed by atoms with Gasteiger partial charge in [-0.05, 0) is 0 Å². The van der Waals surface area contributed by atoms with Gasteiger partial charge in [-0.2, -0.15) is 0 Å². The van der Waals surface area contributed by atoms with Crippen LogP contribution >= 0.6 is 24.8 Å². The van der Waals surface area contributed by atoms with Crippen LogP contribution in [0.15, 0.2) is 96.1 Å². The van der Waals surface area contributed by atoms with Crippen LogP contribution in [0, 0.1) is 13.8 Å². The molecule has 0 amide bonds. The number of fused-ring (bicyclic) bond motifs is 2. The Morgan fingerprint density at radius 2 is 0.976 bits per heavy atom. The van der Waals surface area contributed by atoms with Gasteiger partial charge in [0.2, 0.25) is 0 Å². The van der Waals surface area contributed by atoms with E-state index in [9.17, 15) is 0 Å². The number of hydrogen-bond acceptors (Lipinski definition) is 0. The topological polar surface area (TPSA) is 0 Å². The number of aryl methyl sites for hydroxylation is 2. The summed E-state index contributed by atoms with van der Waals surface area (Å²) in [6.07, 6.45) is 9.03. The zero-order chi connectivity index (χ0) is 27.4. The predicted molar refractivity (Wildman–Crippen MR) is 184 cm³/mol. The maximum Gasteiger partial charge on any atom is -0.147 e. The fraction of sp³-hybridized carbons (Fsp3) is 0.282. The van der Waals surface area contributed by atoms with E-state index in [1.807, 2.05) is 0 Å². The molecule has 42 heavy (non-hydrogen) atoms. The van der Waals surface area contributed by atoms with Gasteiger partial charge in [0.25, 0.3) is 0 Å². The van der Waals surface area contributed by atoms with Crippen LogP contribution in [0.1, 0.15) is 73.8 Å². The van der Waals surface area contributed by atoms with Gasteiger partial charge in [-0.3, -0.25) is 0 Å². The first-order valence-corrected chi connectivity index (χ1v) is 24.6. The van der Waals surface area contributed by atoms with E-state index in [1.165, 1.54) is 72.1 Å². The summed E-state index contributed by atoms with van der Waals surface area (Å²) < 4.78 is 4.47. The summed E-state index contributed by atoms with van der Waals surface area (Å²) in [5.41, 5.74) is 18.0. The minimum absolute atomic E-state index is 0. The molecule has 0 nitrogen and oxygen atoms in total. The van der Waals surface area contributed by atoms with Crippen LogP contribution in [0.2, 0.25) is 8.35 Å². The van der Waals surface area contributed by atoms with E-state index in [1.54, 1.807) is 22.3 Å². The minimum atomic E-state index is -2.95. The number of halogens is 2. The molecule has 3 heteroatoms. The predicted octanol–water partition coefficient (Wildman–Crippen LogP) is 12.3. The van der Waals surface area contributed by atoms with E-state index in [4.69, 9.17) is 0 Å². The van der Waals surface area contributed by atoms with Crippen molar-refractivity contribution in [1.29, 1.82) is 0 Å². The molecule has 2 atom stereocenters. The molecule has 216 valence electrons. The van der Waals surface area contributed by atoms with Crippen molar-refractivity contribution in [3.8, 4) is 22.3 Å². The molecule has 1 aliphatic heterocycles. The first-order chi connectivity index (χ1) is 19.5. The third-order valence-corrected chi connectivity index (χ3v) is 32.7. The third-order valence-electron chi connectivity index (χ3n) is 10.3. The molecule has 0 saturated carbocycles. The van der Waals surface area contributed by atoms with Crippen LogP contribution in [-0.2, 0) is 20.0 Å². The zero-order valence-electron chi connectivity index (χ0n) is 25.2. The molecule has 4 aromatic rings. The Morgan fingerprint density at radius 3 is 1.31 bits per heavy atom. The molecule has 0 radical (unpaired) electrons. The molecule has 3 aliphatic rings. The fourth-order valence-electron chi connectivity index (χ4n) is 8.20. The molecule has 0 N–H and O–H groups in total. The SMILES string of the molecule is CCC1=Cc2c(-c3ccc(C)cc3)cccc2[CH]1[Hf]1([CH]2C(CC)=Cc3c(-c4ccc(C)cc4)cccc32)[CH2]C[CH2]1.Cl.Cl. The van der Waals surface area contributed by atoms with Crippen LogP contribution in [0.25, 0.3) is 34.4 Å². The Hall–Kier alpha value is -2.19. The maximum atomic E-state index is 2.63. The summed E-state index contributed by atoms with van der Waals surface area (Å²) in [5, 5.41) is 0. The summed E-state index contributed by atoms with van der Waals surface area (Å²) in [7, 11) is 0. The van der Waals surface area contributed by atoms with Crippen LogP contribution in [0.3, 0.4) is 0 Å². The molecule has 0 spiro atoms. The summed E-state index contributed by atoms with van der Waals surface area (Å²) in [4.78, 5) is 0. The minimum Gasteiger partial charge on any atom is -0.147 e. The van der Waals surface area contributed by atoms with Crippen molar-refractivity contribution in [2.45, 2.75) is 62.7 Å². The van der Waals surface area contributed by atoms with Crippen molar-refractivity contribution in [2.24, 2.45) is 0 Å². The van der Waals surface area contributed by atoms with Gasteiger partial charge in [-0.1, -0.05) is 0 Å². The summed E-state index contributed by atoms with van der Waals surface area (Å²) in [6, 6.07) is 32.7. The van der Waals surface area contributed by atoms with E-state index < -0.39 is 20.0 Å². The number of hydrogen-bond donors (Lipinski definition) is 0.